The molecule has 0 radical (unpaired) electrons. The van der Waals surface area contributed by atoms with Crippen LogP contribution in [0.3, 0.4) is 0 Å². The Morgan fingerprint density at radius 3 is 2.44 bits per heavy atom. The van der Waals surface area contributed by atoms with Gasteiger partial charge in [0.25, 0.3) is 0 Å². The number of amides is 2. The first-order chi connectivity index (χ1) is 15.3. The predicted octanol–water partition coefficient (Wildman–Crippen LogP) is 4.81. The molecule has 0 aliphatic carbocycles. The summed E-state index contributed by atoms with van der Waals surface area (Å²) in [5.41, 5.74) is 0.444. The Morgan fingerprint density at radius 2 is 1.72 bits per heavy atom. The molecule has 0 aromatic heterocycles. The Morgan fingerprint density at radius 1 is 1.00 bits per heavy atom. The van der Waals surface area contributed by atoms with Gasteiger partial charge in [0.05, 0.1) is 17.5 Å². The lowest BCUT2D eigenvalue weighted by Crippen LogP contribution is -2.52. The Bertz CT molecular complexity index is 990. The van der Waals surface area contributed by atoms with Gasteiger partial charge in [0.15, 0.2) is 0 Å². The highest BCUT2D eigenvalue weighted by Crippen LogP contribution is 2.35. The summed E-state index contributed by atoms with van der Waals surface area (Å²) in [4.78, 5) is 30.4. The van der Waals surface area contributed by atoms with Gasteiger partial charge in [0.1, 0.15) is 11.6 Å². The molecule has 0 saturated carbocycles. The second kappa shape index (κ2) is 9.00. The van der Waals surface area contributed by atoms with Crippen LogP contribution in [0.4, 0.5) is 8.78 Å². The monoisotopic (exact) mass is 440 g/mol. The number of hydrogen-bond donors (Lipinski definition) is 0. The maximum atomic E-state index is 14.3. The normalized spacial score (nSPS) is 21.8. The van der Waals surface area contributed by atoms with Crippen molar-refractivity contribution in [2.45, 2.75) is 70.0 Å². The van der Waals surface area contributed by atoms with E-state index in [1.807, 2.05) is 18.7 Å². The van der Waals surface area contributed by atoms with E-state index in [-0.39, 0.29) is 42.1 Å². The lowest BCUT2D eigenvalue weighted by molar-refractivity contribution is -0.141. The van der Waals surface area contributed by atoms with E-state index in [1.54, 1.807) is 35.2 Å². The van der Waals surface area contributed by atoms with Crippen LogP contribution < -0.4 is 0 Å². The second-order valence-electron chi connectivity index (χ2n) is 9.41. The summed E-state index contributed by atoms with van der Waals surface area (Å²) in [6.45, 7) is 4.50. The zero-order valence-electron chi connectivity index (χ0n) is 18.7. The maximum Gasteiger partial charge on any atom is 0.232 e. The van der Waals surface area contributed by atoms with Crippen molar-refractivity contribution in [3.63, 3.8) is 0 Å². The van der Waals surface area contributed by atoms with Crippen molar-refractivity contribution < 1.29 is 18.4 Å². The van der Waals surface area contributed by atoms with Crippen molar-refractivity contribution in [1.82, 2.24) is 9.80 Å². The Labute approximate surface area is 188 Å². The van der Waals surface area contributed by atoms with Gasteiger partial charge in [-0.3, -0.25) is 9.59 Å². The average Bonchev–Trinajstić information content (AvgIpc) is 3.17. The summed E-state index contributed by atoms with van der Waals surface area (Å²) in [5, 5.41) is 0. The summed E-state index contributed by atoms with van der Waals surface area (Å²) < 4.78 is 27.8. The number of halogens is 2. The first-order valence-electron chi connectivity index (χ1n) is 11.4. The van der Waals surface area contributed by atoms with Crippen LogP contribution in [-0.2, 0) is 21.5 Å². The Hall–Kier alpha value is -2.76. The number of carbonyl (C=O) groups excluding carboxylic acids is 2. The van der Waals surface area contributed by atoms with E-state index < -0.39 is 5.41 Å². The number of benzene rings is 2. The molecule has 2 aliphatic rings. The van der Waals surface area contributed by atoms with Gasteiger partial charge >= 0.3 is 0 Å². The minimum absolute atomic E-state index is 0.0181. The third-order valence-corrected chi connectivity index (χ3v) is 7.03. The van der Waals surface area contributed by atoms with Gasteiger partial charge in [-0.15, -0.1) is 0 Å². The van der Waals surface area contributed by atoms with E-state index >= 15 is 0 Å². The predicted molar refractivity (Wildman–Crippen MR) is 119 cm³/mol. The molecule has 2 amide bonds. The average molecular weight is 441 g/mol. The van der Waals surface area contributed by atoms with Crippen molar-refractivity contribution in [1.29, 1.82) is 0 Å². The van der Waals surface area contributed by atoms with Gasteiger partial charge in [-0.25, -0.2) is 8.78 Å². The molecule has 0 spiro atoms. The molecule has 2 atom stereocenters. The highest BCUT2D eigenvalue weighted by molar-refractivity contribution is 5.88. The van der Waals surface area contributed by atoms with Crippen molar-refractivity contribution >= 4 is 11.8 Å². The van der Waals surface area contributed by atoms with Crippen molar-refractivity contribution in [3.8, 4) is 0 Å². The Kier molecular flexibility index (Phi) is 6.31. The summed E-state index contributed by atoms with van der Waals surface area (Å²) in [6.07, 6.45) is 3.58. The molecule has 2 aromatic carbocycles. The molecular weight excluding hydrogens is 410 g/mol. The first kappa shape index (κ1) is 22.4. The largest absolute Gasteiger partial charge is 0.337 e. The van der Waals surface area contributed by atoms with Crippen LogP contribution in [0.5, 0.6) is 0 Å². The van der Waals surface area contributed by atoms with Gasteiger partial charge in [-0.1, -0.05) is 36.8 Å². The topological polar surface area (TPSA) is 40.6 Å². The van der Waals surface area contributed by atoms with E-state index in [0.717, 1.165) is 24.8 Å². The van der Waals surface area contributed by atoms with Crippen molar-refractivity contribution in [3.05, 3.63) is 71.3 Å². The summed E-state index contributed by atoms with van der Waals surface area (Å²) in [6, 6.07) is 12.4. The van der Waals surface area contributed by atoms with Crippen LogP contribution in [0.2, 0.25) is 0 Å². The minimum Gasteiger partial charge on any atom is -0.337 e. The van der Waals surface area contributed by atoms with Crippen LogP contribution in [-0.4, -0.2) is 40.2 Å². The smallest absolute Gasteiger partial charge is 0.232 e. The van der Waals surface area contributed by atoms with E-state index in [2.05, 4.69) is 0 Å². The fraction of sp³-hybridized carbons (Fsp3) is 0.462. The molecule has 2 heterocycles. The molecular formula is C26H30F2N2O2. The third-order valence-electron chi connectivity index (χ3n) is 7.03. The number of likely N-dealkylation sites (tertiary alicyclic amines) is 2. The summed E-state index contributed by atoms with van der Waals surface area (Å²) in [5.74, 6) is -0.645. The molecule has 170 valence electrons. The fourth-order valence-electron chi connectivity index (χ4n) is 5.12. The molecule has 4 nitrogen and oxygen atoms in total. The lowest BCUT2D eigenvalue weighted by atomic mass is 9.82. The van der Waals surface area contributed by atoms with E-state index in [1.165, 1.54) is 18.2 Å². The van der Waals surface area contributed by atoms with Gasteiger partial charge in [-0.05, 0) is 56.9 Å². The molecule has 0 unspecified atom stereocenters. The Balaban J connectivity index is 1.60. The van der Waals surface area contributed by atoms with E-state index in [0.29, 0.717) is 24.9 Å². The van der Waals surface area contributed by atoms with Gasteiger partial charge in [0, 0.05) is 25.1 Å². The number of fused-ring (bicyclic) bond motifs is 1. The summed E-state index contributed by atoms with van der Waals surface area (Å²) in [7, 11) is 0. The van der Waals surface area contributed by atoms with Crippen molar-refractivity contribution in [2.24, 2.45) is 0 Å². The zero-order valence-corrected chi connectivity index (χ0v) is 18.7. The van der Waals surface area contributed by atoms with Crippen LogP contribution in [0, 0.1) is 11.6 Å². The molecule has 0 bridgehead atoms. The molecule has 0 N–H and O–H groups in total. The molecule has 2 saturated heterocycles. The zero-order chi connectivity index (χ0) is 22.9. The lowest BCUT2D eigenvalue weighted by Gasteiger charge is -2.39. The van der Waals surface area contributed by atoms with Crippen molar-refractivity contribution in [2.75, 3.05) is 6.54 Å². The molecule has 4 rings (SSSR count). The van der Waals surface area contributed by atoms with Gasteiger partial charge in [-0.2, -0.15) is 0 Å². The highest BCUT2D eigenvalue weighted by Gasteiger charge is 2.46. The maximum absolute atomic E-state index is 14.3. The van der Waals surface area contributed by atoms with Gasteiger partial charge < -0.3 is 9.80 Å². The van der Waals surface area contributed by atoms with E-state index in [4.69, 9.17) is 0 Å². The van der Waals surface area contributed by atoms with E-state index in [9.17, 15) is 18.4 Å². The number of rotatable bonds is 4. The second-order valence-corrected chi connectivity index (χ2v) is 9.41. The summed E-state index contributed by atoms with van der Waals surface area (Å²) >= 11 is 0. The first-order valence-corrected chi connectivity index (χ1v) is 11.4. The van der Waals surface area contributed by atoms with Crippen LogP contribution >= 0.6 is 0 Å². The third kappa shape index (κ3) is 4.27. The number of hydrogen-bond acceptors (Lipinski definition) is 2. The van der Waals surface area contributed by atoms with Crippen LogP contribution in [0.25, 0.3) is 0 Å². The molecule has 32 heavy (non-hydrogen) atoms. The number of nitrogens with zero attached hydrogens (tertiary/aromatic N) is 2. The standard InChI is InChI=1S/C26H30F2N2O2/c1-26(2,19-11-13-20(27)14-12-19)25(32)29-16-15-23-22(29)9-5-6-10-24(31)30(23)17-18-7-3-4-8-21(18)28/h3-4,7-8,11-14,22-23H,5-6,9-10,15-17H2,1-2H3/t22-,23+/m1/s1. The molecule has 6 heteroatoms. The highest BCUT2D eigenvalue weighted by atomic mass is 19.1. The molecule has 2 fully saturated rings. The molecule has 2 aliphatic heterocycles. The van der Waals surface area contributed by atoms with Crippen LogP contribution in [0.1, 0.15) is 57.1 Å². The van der Waals surface area contributed by atoms with Gasteiger partial charge in [0.2, 0.25) is 11.8 Å². The fourth-order valence-corrected chi connectivity index (χ4v) is 5.12. The van der Waals surface area contributed by atoms with Crippen LogP contribution in [0.15, 0.2) is 48.5 Å². The number of carbonyl (C=O) groups is 2. The minimum atomic E-state index is -0.814. The quantitative estimate of drug-likeness (QED) is 0.684. The SMILES string of the molecule is CC(C)(C(=O)N1CC[C@H]2[C@H]1CCCCC(=O)N2Cc1ccccc1F)c1ccc(F)cc1. The molecule has 2 aromatic rings.